The Labute approximate surface area is 225 Å². The van der Waals surface area contributed by atoms with E-state index in [0.29, 0.717) is 11.1 Å². The molecule has 0 saturated heterocycles. The second-order valence-electron chi connectivity index (χ2n) is 11.6. The van der Waals surface area contributed by atoms with Gasteiger partial charge in [0.2, 0.25) is 0 Å². The van der Waals surface area contributed by atoms with E-state index >= 15 is 0 Å². The van der Waals surface area contributed by atoms with Crippen LogP contribution in [0.3, 0.4) is 0 Å². The average Bonchev–Trinajstić information content (AvgIpc) is 3.52. The molecule has 0 spiro atoms. The molecule has 2 unspecified atom stereocenters. The van der Waals surface area contributed by atoms with Crippen LogP contribution in [0.1, 0.15) is 53.4 Å². The average molecular weight is 513 g/mol. The Morgan fingerprint density at radius 2 is 1.35 bits per heavy atom. The van der Waals surface area contributed by atoms with Crippen LogP contribution in [0.4, 0.5) is 0 Å². The van der Waals surface area contributed by atoms with Crippen LogP contribution in [0.15, 0.2) is 96.1 Å². The lowest BCUT2D eigenvalue weighted by atomic mass is 9.93. The standard InChI is InChI=1S/C35H32SSi/c1-21-20-30-27(26-16-10-13-24-12-6-7-14-25(24)26)17-11-18-28(30)34(21)37(4,5)35-23(3)22(2)32-29-15-8-9-19-31(29)36-33(32)35/h6-20,34-35H,1-5H3. The number of hydrogen-bond acceptors (Lipinski definition) is 1. The van der Waals surface area contributed by atoms with Crippen LogP contribution in [0.5, 0.6) is 0 Å². The Kier molecular flexibility index (Phi) is 5.05. The van der Waals surface area contributed by atoms with Gasteiger partial charge in [-0.15, -0.1) is 11.3 Å². The topological polar surface area (TPSA) is 0 Å². The van der Waals surface area contributed by atoms with Crippen LogP contribution in [0, 0.1) is 0 Å². The summed E-state index contributed by atoms with van der Waals surface area (Å²) in [6, 6.07) is 31.6. The molecule has 37 heavy (non-hydrogen) atoms. The van der Waals surface area contributed by atoms with Crippen molar-refractivity contribution in [3.8, 4) is 11.1 Å². The highest BCUT2D eigenvalue weighted by Crippen LogP contribution is 2.58. The van der Waals surface area contributed by atoms with Crippen molar-refractivity contribution < 1.29 is 0 Å². The molecule has 2 aliphatic carbocycles. The summed E-state index contributed by atoms with van der Waals surface area (Å²) in [5.41, 5.74) is 13.0. The number of benzene rings is 4. The van der Waals surface area contributed by atoms with E-state index in [2.05, 4.69) is 125 Å². The number of rotatable bonds is 3. The zero-order valence-electron chi connectivity index (χ0n) is 22.2. The molecule has 0 amide bonds. The maximum absolute atomic E-state index is 2.65. The molecule has 2 heteroatoms. The first-order valence-electron chi connectivity index (χ1n) is 13.4. The third kappa shape index (κ3) is 3.19. The minimum atomic E-state index is -1.86. The van der Waals surface area contributed by atoms with Gasteiger partial charge < -0.3 is 0 Å². The minimum Gasteiger partial charge on any atom is -0.139 e. The molecule has 0 bridgehead atoms. The van der Waals surface area contributed by atoms with Crippen molar-refractivity contribution in [3.63, 3.8) is 0 Å². The van der Waals surface area contributed by atoms with Gasteiger partial charge in [-0.1, -0.05) is 109 Å². The molecule has 0 fully saturated rings. The normalized spacial score (nSPS) is 19.0. The minimum absolute atomic E-state index is 0.515. The van der Waals surface area contributed by atoms with Crippen molar-refractivity contribution in [1.82, 2.24) is 0 Å². The predicted molar refractivity (Wildman–Crippen MR) is 166 cm³/mol. The van der Waals surface area contributed by atoms with Crippen molar-refractivity contribution in [2.75, 3.05) is 0 Å². The molecule has 0 nitrogen and oxygen atoms in total. The van der Waals surface area contributed by atoms with Crippen LogP contribution in [0.2, 0.25) is 13.1 Å². The molecule has 182 valence electrons. The number of thiophene rings is 1. The van der Waals surface area contributed by atoms with Gasteiger partial charge in [-0.25, -0.2) is 0 Å². The number of hydrogen-bond donors (Lipinski definition) is 0. The lowest BCUT2D eigenvalue weighted by Crippen LogP contribution is -2.42. The second kappa shape index (κ2) is 8.15. The highest BCUT2D eigenvalue weighted by atomic mass is 32.1. The molecule has 0 radical (unpaired) electrons. The smallest absolute Gasteiger partial charge is 0.0732 e. The van der Waals surface area contributed by atoms with E-state index in [4.69, 9.17) is 0 Å². The molecular formula is C35H32SSi. The van der Waals surface area contributed by atoms with Gasteiger partial charge in [-0.05, 0) is 71.0 Å². The van der Waals surface area contributed by atoms with E-state index in [1.165, 1.54) is 48.7 Å². The van der Waals surface area contributed by atoms with Crippen LogP contribution >= 0.6 is 11.3 Å². The van der Waals surface area contributed by atoms with Gasteiger partial charge in [0.1, 0.15) is 0 Å². The van der Waals surface area contributed by atoms with Gasteiger partial charge in [0, 0.05) is 26.0 Å². The Balaban J connectivity index is 1.39. The fourth-order valence-electron chi connectivity index (χ4n) is 7.56. The first-order valence-corrected chi connectivity index (χ1v) is 17.3. The molecule has 7 rings (SSSR count). The summed E-state index contributed by atoms with van der Waals surface area (Å²) in [6.07, 6.45) is 2.51. The van der Waals surface area contributed by atoms with Crippen LogP contribution in [0.25, 0.3) is 43.6 Å². The summed E-state index contributed by atoms with van der Waals surface area (Å²) < 4.78 is 1.44. The predicted octanol–water partition coefficient (Wildman–Crippen LogP) is 10.6. The third-order valence-corrected chi connectivity index (χ3v) is 15.0. The number of allylic oxidation sites excluding steroid dienone is 3. The molecule has 0 saturated carbocycles. The van der Waals surface area contributed by atoms with E-state index in [0.717, 1.165) is 0 Å². The summed E-state index contributed by atoms with van der Waals surface area (Å²) in [6.45, 7) is 12.5. The van der Waals surface area contributed by atoms with Crippen molar-refractivity contribution in [3.05, 3.63) is 118 Å². The molecule has 1 aromatic heterocycles. The third-order valence-electron chi connectivity index (χ3n) is 9.13. The fourth-order valence-corrected chi connectivity index (χ4v) is 14.8. The molecule has 0 aliphatic heterocycles. The quantitative estimate of drug-likeness (QED) is 0.211. The summed E-state index contributed by atoms with van der Waals surface area (Å²) in [7, 11) is -1.86. The highest BCUT2D eigenvalue weighted by Gasteiger charge is 2.48. The maximum Gasteiger partial charge on any atom is 0.0732 e. The summed E-state index contributed by atoms with van der Waals surface area (Å²) in [5.74, 6) is 0. The van der Waals surface area contributed by atoms with Crippen molar-refractivity contribution >= 4 is 51.9 Å². The maximum atomic E-state index is 2.65. The lowest BCUT2D eigenvalue weighted by molar-refractivity contribution is 0.979. The summed E-state index contributed by atoms with van der Waals surface area (Å²) in [5, 5.41) is 4.09. The Bertz CT molecular complexity index is 1790. The molecule has 2 aliphatic rings. The first-order chi connectivity index (χ1) is 17.9. The summed E-state index contributed by atoms with van der Waals surface area (Å²) >= 11 is 2.05. The Morgan fingerprint density at radius 1 is 0.676 bits per heavy atom. The van der Waals surface area contributed by atoms with E-state index < -0.39 is 8.07 Å². The van der Waals surface area contributed by atoms with Gasteiger partial charge in [-0.2, -0.15) is 0 Å². The van der Waals surface area contributed by atoms with E-state index in [1.807, 2.05) is 11.3 Å². The largest absolute Gasteiger partial charge is 0.139 e. The van der Waals surface area contributed by atoms with Crippen molar-refractivity contribution in [2.24, 2.45) is 0 Å². The molecule has 1 heterocycles. The van der Waals surface area contributed by atoms with E-state index in [1.54, 1.807) is 21.6 Å². The van der Waals surface area contributed by atoms with Gasteiger partial charge in [0.15, 0.2) is 0 Å². The molecule has 0 N–H and O–H groups in total. The first kappa shape index (κ1) is 23.0. The number of fused-ring (bicyclic) bond motifs is 5. The zero-order valence-corrected chi connectivity index (χ0v) is 24.0. The summed E-state index contributed by atoms with van der Waals surface area (Å²) in [4.78, 5) is 1.62. The van der Waals surface area contributed by atoms with Crippen LogP contribution in [-0.2, 0) is 0 Å². The Hall–Kier alpha value is -3.20. The van der Waals surface area contributed by atoms with E-state index in [9.17, 15) is 0 Å². The monoisotopic (exact) mass is 512 g/mol. The highest BCUT2D eigenvalue weighted by molar-refractivity contribution is 7.20. The fraction of sp³-hybridized carbons (Fsp3) is 0.200. The second-order valence-corrected chi connectivity index (χ2v) is 17.4. The zero-order chi connectivity index (χ0) is 25.5. The van der Waals surface area contributed by atoms with Gasteiger partial charge in [0.25, 0.3) is 0 Å². The van der Waals surface area contributed by atoms with Gasteiger partial charge >= 0.3 is 0 Å². The van der Waals surface area contributed by atoms with Gasteiger partial charge in [-0.3, -0.25) is 0 Å². The molecular weight excluding hydrogens is 481 g/mol. The van der Waals surface area contributed by atoms with E-state index in [-0.39, 0.29) is 0 Å². The lowest BCUT2D eigenvalue weighted by Gasteiger charge is -2.38. The molecule has 4 aromatic carbocycles. The van der Waals surface area contributed by atoms with Crippen LogP contribution < -0.4 is 0 Å². The van der Waals surface area contributed by atoms with Crippen molar-refractivity contribution in [1.29, 1.82) is 0 Å². The molecule has 2 atom stereocenters. The SMILES string of the molecule is CC1=Cc2c(-c3cccc4ccccc34)cccc2C1[Si](C)(C)C1C(C)=C(C)c2c1sc1ccccc21. The van der Waals surface area contributed by atoms with Crippen molar-refractivity contribution in [2.45, 2.75) is 44.9 Å². The molecule has 5 aromatic rings. The Morgan fingerprint density at radius 3 is 2.19 bits per heavy atom. The van der Waals surface area contributed by atoms with Gasteiger partial charge in [0.05, 0.1) is 8.07 Å². The van der Waals surface area contributed by atoms with Crippen LogP contribution in [-0.4, -0.2) is 8.07 Å².